The third kappa shape index (κ3) is 1.33. The summed E-state index contributed by atoms with van der Waals surface area (Å²) in [5.74, 6) is -1.85. The predicted molar refractivity (Wildman–Crippen MR) is 74.9 cm³/mol. The Morgan fingerprint density at radius 3 is 2.41 bits per heavy atom. The second kappa shape index (κ2) is 4.45. The number of ether oxygens (including phenoxy) is 2. The molecular weight excluding hydrogens is 280 g/mol. The smallest absolute Gasteiger partial charge is 0.217 e. The molecule has 4 unspecified atom stereocenters. The molecule has 6 nitrogen and oxygen atoms in total. The predicted octanol–water partition coefficient (Wildman–Crippen LogP) is 2.48. The quantitative estimate of drug-likeness (QED) is 0.798. The van der Waals surface area contributed by atoms with Crippen molar-refractivity contribution >= 4 is 5.90 Å². The fraction of sp³-hybridized carbons (Fsp3) is 0.750. The van der Waals surface area contributed by atoms with E-state index in [0.717, 1.165) is 12.8 Å². The molecule has 4 atom stereocenters. The molecule has 1 aliphatic carbocycles. The Morgan fingerprint density at radius 2 is 1.86 bits per heavy atom. The third-order valence-corrected chi connectivity index (χ3v) is 5.46. The standard InChI is InChI=1S/C16H18N4O2/c1-10(2)12-14(7-17,8-18)15(9-19)11-5-3-4-6-16(11,21-12)22-13(15)20/h10-12,20H,3-6H2,1-2H3. The molecule has 0 radical (unpaired) electrons. The van der Waals surface area contributed by atoms with Gasteiger partial charge in [-0.1, -0.05) is 20.3 Å². The number of nitriles is 3. The summed E-state index contributed by atoms with van der Waals surface area (Å²) < 4.78 is 11.9. The van der Waals surface area contributed by atoms with E-state index in [4.69, 9.17) is 14.9 Å². The molecule has 2 aliphatic heterocycles. The van der Waals surface area contributed by atoms with Crippen LogP contribution in [0.5, 0.6) is 0 Å². The van der Waals surface area contributed by atoms with Crippen molar-refractivity contribution in [3.63, 3.8) is 0 Å². The molecule has 2 saturated heterocycles. The van der Waals surface area contributed by atoms with E-state index in [1.807, 2.05) is 26.0 Å². The lowest BCUT2D eigenvalue weighted by molar-refractivity contribution is -0.299. The molecule has 6 heteroatoms. The third-order valence-electron chi connectivity index (χ3n) is 5.46. The normalized spacial score (nSPS) is 41.7. The van der Waals surface area contributed by atoms with Gasteiger partial charge in [0, 0.05) is 6.42 Å². The summed E-state index contributed by atoms with van der Waals surface area (Å²) >= 11 is 0. The first kappa shape index (κ1) is 14.8. The monoisotopic (exact) mass is 298 g/mol. The van der Waals surface area contributed by atoms with E-state index in [-0.39, 0.29) is 11.8 Å². The van der Waals surface area contributed by atoms with Crippen molar-refractivity contribution in [3.05, 3.63) is 0 Å². The lowest BCUT2D eigenvalue weighted by Gasteiger charge is -2.52. The molecule has 0 aromatic rings. The van der Waals surface area contributed by atoms with E-state index in [1.165, 1.54) is 0 Å². The van der Waals surface area contributed by atoms with Crippen molar-refractivity contribution in [2.45, 2.75) is 51.4 Å². The maximum atomic E-state index is 9.94. The Morgan fingerprint density at radius 1 is 1.18 bits per heavy atom. The molecule has 1 N–H and O–H groups in total. The molecule has 3 fully saturated rings. The van der Waals surface area contributed by atoms with Gasteiger partial charge < -0.3 is 9.47 Å². The minimum absolute atomic E-state index is 0.138. The van der Waals surface area contributed by atoms with Crippen molar-refractivity contribution in [2.24, 2.45) is 22.7 Å². The van der Waals surface area contributed by atoms with Crippen LogP contribution in [0, 0.1) is 62.1 Å². The summed E-state index contributed by atoms with van der Waals surface area (Å²) in [6, 6.07) is 6.25. The van der Waals surface area contributed by atoms with Gasteiger partial charge in [0.1, 0.15) is 0 Å². The molecule has 0 aromatic carbocycles. The lowest BCUT2D eigenvalue weighted by atomic mass is 9.51. The number of nitrogens with one attached hydrogen (secondary N) is 1. The molecule has 2 bridgehead atoms. The average molecular weight is 298 g/mol. The van der Waals surface area contributed by atoms with Gasteiger partial charge in [0.05, 0.1) is 30.2 Å². The van der Waals surface area contributed by atoms with E-state index in [2.05, 4.69) is 6.07 Å². The zero-order valence-corrected chi connectivity index (χ0v) is 12.7. The van der Waals surface area contributed by atoms with E-state index >= 15 is 0 Å². The SMILES string of the molecule is CC(C)C1OC23CCCCC2C(C#N)(C(=N)O3)C1(C#N)C#N. The minimum Gasteiger partial charge on any atom is -0.447 e. The van der Waals surface area contributed by atoms with Gasteiger partial charge in [0.2, 0.25) is 11.7 Å². The van der Waals surface area contributed by atoms with Crippen LogP contribution in [-0.4, -0.2) is 17.8 Å². The van der Waals surface area contributed by atoms with Crippen LogP contribution in [0.1, 0.15) is 39.5 Å². The number of hydrogen-bond donors (Lipinski definition) is 1. The van der Waals surface area contributed by atoms with Crippen LogP contribution in [0.2, 0.25) is 0 Å². The molecular formula is C16H18N4O2. The first-order valence-electron chi connectivity index (χ1n) is 7.63. The number of hydrogen-bond acceptors (Lipinski definition) is 6. The fourth-order valence-electron chi connectivity index (χ4n) is 4.52. The van der Waals surface area contributed by atoms with Gasteiger partial charge in [-0.25, -0.2) is 0 Å². The zero-order chi connectivity index (χ0) is 16.2. The van der Waals surface area contributed by atoms with Crippen molar-refractivity contribution in [3.8, 4) is 18.2 Å². The topological polar surface area (TPSA) is 114 Å². The van der Waals surface area contributed by atoms with Crippen LogP contribution in [0.15, 0.2) is 0 Å². The van der Waals surface area contributed by atoms with Crippen molar-refractivity contribution < 1.29 is 9.47 Å². The highest BCUT2D eigenvalue weighted by molar-refractivity contribution is 5.89. The van der Waals surface area contributed by atoms with E-state index in [9.17, 15) is 15.8 Å². The van der Waals surface area contributed by atoms with Gasteiger partial charge in [0.15, 0.2) is 10.8 Å². The van der Waals surface area contributed by atoms with E-state index in [1.54, 1.807) is 0 Å². The molecule has 0 amide bonds. The van der Waals surface area contributed by atoms with Crippen molar-refractivity contribution in [2.75, 3.05) is 0 Å². The molecule has 22 heavy (non-hydrogen) atoms. The van der Waals surface area contributed by atoms with E-state index in [0.29, 0.717) is 12.8 Å². The average Bonchev–Trinajstić information content (AvgIpc) is 2.72. The van der Waals surface area contributed by atoms with Crippen LogP contribution in [0.25, 0.3) is 0 Å². The first-order chi connectivity index (χ1) is 10.4. The van der Waals surface area contributed by atoms with Gasteiger partial charge in [-0.15, -0.1) is 0 Å². The maximum Gasteiger partial charge on any atom is 0.217 e. The molecule has 0 spiro atoms. The van der Waals surface area contributed by atoms with Crippen molar-refractivity contribution in [1.82, 2.24) is 0 Å². The summed E-state index contributed by atoms with van der Waals surface area (Å²) in [6.07, 6.45) is 2.25. The number of rotatable bonds is 1. The Bertz CT molecular complexity index is 639. The summed E-state index contributed by atoms with van der Waals surface area (Å²) in [7, 11) is 0. The van der Waals surface area contributed by atoms with Crippen molar-refractivity contribution in [1.29, 1.82) is 21.2 Å². The highest BCUT2D eigenvalue weighted by Crippen LogP contribution is 2.66. The van der Waals surface area contributed by atoms with Gasteiger partial charge in [0.25, 0.3) is 0 Å². The van der Waals surface area contributed by atoms with Crippen LogP contribution >= 0.6 is 0 Å². The van der Waals surface area contributed by atoms with Crippen LogP contribution in [0.3, 0.4) is 0 Å². The second-order valence-corrected chi connectivity index (χ2v) is 6.78. The Labute approximate surface area is 129 Å². The molecule has 114 valence electrons. The number of nitrogens with zero attached hydrogens (tertiary/aromatic N) is 3. The maximum absolute atomic E-state index is 9.94. The fourth-order valence-corrected chi connectivity index (χ4v) is 4.52. The largest absolute Gasteiger partial charge is 0.447 e. The highest BCUT2D eigenvalue weighted by atomic mass is 16.7. The molecule has 3 aliphatic rings. The molecule has 1 saturated carbocycles. The van der Waals surface area contributed by atoms with E-state index < -0.39 is 28.6 Å². The zero-order valence-electron chi connectivity index (χ0n) is 12.7. The molecule has 0 aromatic heterocycles. The van der Waals surface area contributed by atoms with Gasteiger partial charge in [-0.2, -0.15) is 15.8 Å². The minimum atomic E-state index is -1.71. The summed E-state index contributed by atoms with van der Waals surface area (Å²) in [6.45, 7) is 3.73. The lowest BCUT2D eigenvalue weighted by Crippen LogP contribution is -2.64. The Hall–Kier alpha value is -2.10. The highest BCUT2D eigenvalue weighted by Gasteiger charge is 2.80. The Kier molecular flexibility index (Phi) is 3.00. The summed E-state index contributed by atoms with van der Waals surface area (Å²) in [4.78, 5) is 0. The molecule has 2 heterocycles. The van der Waals surface area contributed by atoms with Gasteiger partial charge in [-0.3, -0.25) is 5.41 Å². The second-order valence-electron chi connectivity index (χ2n) is 6.78. The summed E-state index contributed by atoms with van der Waals surface area (Å²) in [5.41, 5.74) is -3.25. The molecule has 3 rings (SSSR count). The first-order valence-corrected chi connectivity index (χ1v) is 7.63. The van der Waals surface area contributed by atoms with Crippen LogP contribution < -0.4 is 0 Å². The Balaban J connectivity index is 2.31. The van der Waals surface area contributed by atoms with Gasteiger partial charge >= 0.3 is 0 Å². The van der Waals surface area contributed by atoms with Gasteiger partial charge in [-0.05, 0) is 18.8 Å². The van der Waals surface area contributed by atoms with Crippen LogP contribution in [0.4, 0.5) is 0 Å². The summed E-state index contributed by atoms with van der Waals surface area (Å²) in [5, 5.41) is 37.9. The van der Waals surface area contributed by atoms with Crippen LogP contribution in [-0.2, 0) is 9.47 Å².